The highest BCUT2D eigenvalue weighted by Crippen LogP contribution is 2.25. The minimum Gasteiger partial charge on any atom is -0.356 e. The number of rotatable bonds is 1. The standard InChI is InChI=1S/C14H21N5/c1-11-12-13(18-17-11)15-10-16-14(12)19-8-6-4-2-3-5-7-9-19/h10H,2-9H2,1H3,(H,15,16,17,18). The summed E-state index contributed by atoms with van der Waals surface area (Å²) in [6.07, 6.45) is 9.54. The van der Waals surface area contributed by atoms with E-state index >= 15 is 0 Å². The van der Waals surface area contributed by atoms with Crippen LogP contribution in [0.2, 0.25) is 0 Å². The van der Waals surface area contributed by atoms with Gasteiger partial charge in [-0.2, -0.15) is 5.10 Å². The first kappa shape index (κ1) is 12.4. The fraction of sp³-hybridized carbons (Fsp3) is 0.643. The number of anilines is 1. The van der Waals surface area contributed by atoms with Crippen LogP contribution in [0.15, 0.2) is 6.33 Å². The summed E-state index contributed by atoms with van der Waals surface area (Å²) in [7, 11) is 0. The Morgan fingerprint density at radius 2 is 1.68 bits per heavy atom. The zero-order valence-electron chi connectivity index (χ0n) is 11.5. The van der Waals surface area contributed by atoms with Gasteiger partial charge in [0.25, 0.3) is 0 Å². The van der Waals surface area contributed by atoms with E-state index in [1.54, 1.807) is 6.33 Å². The van der Waals surface area contributed by atoms with E-state index in [1.165, 1.54) is 38.5 Å². The van der Waals surface area contributed by atoms with E-state index in [0.29, 0.717) is 0 Å². The summed E-state index contributed by atoms with van der Waals surface area (Å²) in [6.45, 7) is 4.23. The summed E-state index contributed by atoms with van der Waals surface area (Å²) in [4.78, 5) is 11.2. The first-order valence-corrected chi connectivity index (χ1v) is 7.27. The second kappa shape index (κ2) is 5.55. The molecule has 1 N–H and O–H groups in total. The van der Waals surface area contributed by atoms with Crippen LogP contribution in [0.1, 0.15) is 44.2 Å². The van der Waals surface area contributed by atoms with E-state index in [2.05, 4.69) is 25.1 Å². The average Bonchev–Trinajstić information content (AvgIpc) is 2.86. The molecule has 0 unspecified atom stereocenters. The van der Waals surface area contributed by atoms with Crippen LogP contribution in [-0.4, -0.2) is 33.3 Å². The Morgan fingerprint density at radius 3 is 2.42 bits per heavy atom. The van der Waals surface area contributed by atoms with Crippen LogP contribution in [0.5, 0.6) is 0 Å². The Balaban J connectivity index is 1.94. The predicted octanol–water partition coefficient (Wildman–Crippen LogP) is 2.82. The highest BCUT2D eigenvalue weighted by atomic mass is 15.2. The second-order valence-corrected chi connectivity index (χ2v) is 5.35. The normalized spacial score (nSPS) is 18.1. The number of H-pyrrole nitrogens is 1. The summed E-state index contributed by atoms with van der Waals surface area (Å²) >= 11 is 0. The molecular weight excluding hydrogens is 238 g/mol. The monoisotopic (exact) mass is 259 g/mol. The van der Waals surface area contributed by atoms with Gasteiger partial charge in [-0.3, -0.25) is 5.10 Å². The van der Waals surface area contributed by atoms with E-state index in [4.69, 9.17) is 0 Å². The molecule has 0 spiro atoms. The number of nitrogens with one attached hydrogen (secondary N) is 1. The molecule has 0 amide bonds. The lowest BCUT2D eigenvalue weighted by atomic mass is 10.1. The van der Waals surface area contributed by atoms with Gasteiger partial charge in [-0.1, -0.05) is 25.7 Å². The molecule has 1 aliphatic rings. The molecule has 0 bridgehead atoms. The van der Waals surface area contributed by atoms with Gasteiger partial charge in [0, 0.05) is 18.8 Å². The molecule has 1 saturated heterocycles. The summed E-state index contributed by atoms with van der Waals surface area (Å²) in [5.74, 6) is 1.05. The number of aryl methyl sites for hydroxylation is 1. The van der Waals surface area contributed by atoms with Crippen molar-refractivity contribution in [3.8, 4) is 0 Å². The van der Waals surface area contributed by atoms with Crippen LogP contribution in [0.3, 0.4) is 0 Å². The van der Waals surface area contributed by atoms with Crippen LogP contribution in [0.4, 0.5) is 5.82 Å². The van der Waals surface area contributed by atoms with E-state index in [-0.39, 0.29) is 0 Å². The number of aromatic amines is 1. The topological polar surface area (TPSA) is 57.7 Å². The maximum atomic E-state index is 4.52. The van der Waals surface area contributed by atoms with Gasteiger partial charge in [0.15, 0.2) is 5.65 Å². The first-order chi connectivity index (χ1) is 9.36. The molecule has 3 rings (SSSR count). The van der Waals surface area contributed by atoms with Crippen molar-refractivity contribution < 1.29 is 0 Å². The number of hydrogen-bond acceptors (Lipinski definition) is 4. The summed E-state index contributed by atoms with van der Waals surface area (Å²) < 4.78 is 0. The highest BCUT2D eigenvalue weighted by Gasteiger charge is 2.16. The molecule has 102 valence electrons. The lowest BCUT2D eigenvalue weighted by Gasteiger charge is -2.23. The molecular formula is C14H21N5. The van der Waals surface area contributed by atoms with Gasteiger partial charge < -0.3 is 4.90 Å². The van der Waals surface area contributed by atoms with Crippen molar-refractivity contribution in [2.45, 2.75) is 45.4 Å². The molecule has 5 nitrogen and oxygen atoms in total. The molecule has 3 heterocycles. The number of hydrogen-bond donors (Lipinski definition) is 1. The van der Waals surface area contributed by atoms with E-state index < -0.39 is 0 Å². The van der Waals surface area contributed by atoms with Crippen LogP contribution in [0.25, 0.3) is 11.0 Å². The predicted molar refractivity (Wildman–Crippen MR) is 76.3 cm³/mol. The maximum Gasteiger partial charge on any atom is 0.186 e. The molecule has 0 atom stereocenters. The number of aromatic nitrogens is 4. The average molecular weight is 259 g/mol. The van der Waals surface area contributed by atoms with Crippen LogP contribution in [-0.2, 0) is 0 Å². The summed E-state index contributed by atoms with van der Waals surface area (Å²) in [6, 6.07) is 0. The molecule has 2 aromatic rings. The van der Waals surface area contributed by atoms with Crippen LogP contribution >= 0.6 is 0 Å². The lowest BCUT2D eigenvalue weighted by molar-refractivity contribution is 0.636. The van der Waals surface area contributed by atoms with Gasteiger partial charge in [-0.15, -0.1) is 0 Å². The zero-order chi connectivity index (χ0) is 13.1. The quantitative estimate of drug-likeness (QED) is 0.855. The van der Waals surface area contributed by atoms with Gasteiger partial charge in [-0.25, -0.2) is 9.97 Å². The highest BCUT2D eigenvalue weighted by molar-refractivity contribution is 5.89. The second-order valence-electron chi connectivity index (χ2n) is 5.35. The van der Waals surface area contributed by atoms with Gasteiger partial charge >= 0.3 is 0 Å². The van der Waals surface area contributed by atoms with E-state index in [9.17, 15) is 0 Å². The third-order valence-electron chi connectivity index (χ3n) is 3.92. The molecule has 2 aromatic heterocycles. The largest absolute Gasteiger partial charge is 0.356 e. The summed E-state index contributed by atoms with van der Waals surface area (Å²) in [5.41, 5.74) is 1.84. The van der Waals surface area contributed by atoms with Crippen molar-refractivity contribution in [3.63, 3.8) is 0 Å². The van der Waals surface area contributed by atoms with Gasteiger partial charge in [0.2, 0.25) is 0 Å². The SMILES string of the molecule is Cc1[nH]nc2ncnc(N3CCCCCCCC3)c12. The molecule has 5 heteroatoms. The number of nitrogens with zero attached hydrogens (tertiary/aromatic N) is 4. The molecule has 0 aromatic carbocycles. The van der Waals surface area contributed by atoms with E-state index in [1.807, 2.05) is 6.92 Å². The minimum atomic E-state index is 0.780. The van der Waals surface area contributed by atoms with Crippen molar-refractivity contribution >= 4 is 16.9 Å². The fourth-order valence-corrected chi connectivity index (χ4v) is 2.86. The zero-order valence-corrected chi connectivity index (χ0v) is 11.5. The smallest absolute Gasteiger partial charge is 0.186 e. The van der Waals surface area contributed by atoms with Crippen molar-refractivity contribution in [3.05, 3.63) is 12.0 Å². The maximum absolute atomic E-state index is 4.52. The minimum absolute atomic E-state index is 0.780. The van der Waals surface area contributed by atoms with Crippen molar-refractivity contribution in [1.82, 2.24) is 20.2 Å². The Kier molecular flexibility index (Phi) is 3.62. The van der Waals surface area contributed by atoms with Gasteiger partial charge in [0.05, 0.1) is 5.39 Å². The Labute approximate surface area is 113 Å². The van der Waals surface area contributed by atoms with Crippen LogP contribution in [0, 0.1) is 6.92 Å². The van der Waals surface area contributed by atoms with Gasteiger partial charge in [-0.05, 0) is 19.8 Å². The molecule has 1 fully saturated rings. The molecule has 0 aliphatic carbocycles. The number of fused-ring (bicyclic) bond motifs is 1. The third kappa shape index (κ3) is 2.55. The first-order valence-electron chi connectivity index (χ1n) is 7.27. The van der Waals surface area contributed by atoms with Crippen LogP contribution < -0.4 is 4.90 Å². The lowest BCUT2D eigenvalue weighted by Crippen LogP contribution is -2.26. The molecule has 0 saturated carbocycles. The van der Waals surface area contributed by atoms with Crippen molar-refractivity contribution in [2.24, 2.45) is 0 Å². The van der Waals surface area contributed by atoms with Crippen molar-refractivity contribution in [2.75, 3.05) is 18.0 Å². The Morgan fingerprint density at radius 1 is 1.00 bits per heavy atom. The Hall–Kier alpha value is -1.65. The third-order valence-corrected chi connectivity index (χ3v) is 3.92. The molecule has 0 radical (unpaired) electrons. The fourth-order valence-electron chi connectivity index (χ4n) is 2.86. The Bertz CT molecular complexity index is 538. The van der Waals surface area contributed by atoms with E-state index in [0.717, 1.165) is 35.6 Å². The molecule has 19 heavy (non-hydrogen) atoms. The summed E-state index contributed by atoms with van der Waals surface area (Å²) in [5, 5.41) is 8.33. The van der Waals surface area contributed by atoms with Crippen molar-refractivity contribution in [1.29, 1.82) is 0 Å². The van der Waals surface area contributed by atoms with Gasteiger partial charge in [0.1, 0.15) is 12.1 Å². The molecule has 1 aliphatic heterocycles.